The molecule has 0 fully saturated rings. The summed E-state index contributed by atoms with van der Waals surface area (Å²) < 4.78 is 4.96. The fourth-order valence-corrected chi connectivity index (χ4v) is 0.903. The Morgan fingerprint density at radius 2 is 2.00 bits per heavy atom. The Bertz CT molecular complexity index is 304. The average molecular weight is 181 g/mol. The standard InChI is InChI=1S/C9H15N3O/c1-9(2,3)8-11-5-6(13-4)7(10)12-8/h5H,1-4H3,(H2,10,11,12). The van der Waals surface area contributed by atoms with Crippen molar-refractivity contribution in [1.82, 2.24) is 9.97 Å². The van der Waals surface area contributed by atoms with Crippen molar-refractivity contribution >= 4 is 5.82 Å². The number of anilines is 1. The number of nitrogen functional groups attached to an aromatic ring is 1. The van der Waals surface area contributed by atoms with E-state index in [2.05, 4.69) is 9.97 Å². The average Bonchev–Trinajstić information content (AvgIpc) is 2.02. The predicted molar refractivity (Wildman–Crippen MR) is 51.7 cm³/mol. The number of rotatable bonds is 1. The van der Waals surface area contributed by atoms with Gasteiger partial charge in [0.25, 0.3) is 0 Å². The summed E-state index contributed by atoms with van der Waals surface area (Å²) in [5, 5.41) is 0. The molecule has 1 aromatic heterocycles. The number of methoxy groups -OCH3 is 1. The molecule has 1 aromatic rings. The van der Waals surface area contributed by atoms with Gasteiger partial charge in [-0.3, -0.25) is 0 Å². The number of hydrogen-bond acceptors (Lipinski definition) is 4. The van der Waals surface area contributed by atoms with Crippen molar-refractivity contribution in [3.05, 3.63) is 12.0 Å². The third kappa shape index (κ3) is 2.08. The first-order valence-electron chi connectivity index (χ1n) is 4.12. The maximum absolute atomic E-state index is 5.65. The van der Waals surface area contributed by atoms with Crippen molar-refractivity contribution < 1.29 is 4.74 Å². The minimum absolute atomic E-state index is 0.0829. The molecule has 0 spiro atoms. The maximum Gasteiger partial charge on any atom is 0.179 e. The second-order valence-electron chi connectivity index (χ2n) is 3.90. The van der Waals surface area contributed by atoms with Crippen LogP contribution in [0, 0.1) is 0 Å². The zero-order valence-corrected chi connectivity index (χ0v) is 8.46. The van der Waals surface area contributed by atoms with Gasteiger partial charge in [0.15, 0.2) is 11.6 Å². The van der Waals surface area contributed by atoms with Crippen molar-refractivity contribution in [2.45, 2.75) is 26.2 Å². The number of nitrogens with two attached hydrogens (primary N) is 1. The van der Waals surface area contributed by atoms with Gasteiger partial charge in [-0.1, -0.05) is 20.8 Å². The molecule has 0 aliphatic carbocycles. The van der Waals surface area contributed by atoms with Crippen LogP contribution in [0.1, 0.15) is 26.6 Å². The Morgan fingerprint density at radius 1 is 1.38 bits per heavy atom. The quantitative estimate of drug-likeness (QED) is 0.710. The highest BCUT2D eigenvalue weighted by Gasteiger charge is 2.18. The molecule has 72 valence electrons. The Kier molecular flexibility index (Phi) is 2.40. The monoisotopic (exact) mass is 181 g/mol. The molecule has 0 aliphatic heterocycles. The molecule has 0 aliphatic rings. The second-order valence-corrected chi connectivity index (χ2v) is 3.90. The van der Waals surface area contributed by atoms with E-state index in [-0.39, 0.29) is 5.41 Å². The number of hydrogen-bond donors (Lipinski definition) is 1. The predicted octanol–water partition coefficient (Wildman–Crippen LogP) is 1.36. The van der Waals surface area contributed by atoms with Crippen LogP contribution in [-0.2, 0) is 5.41 Å². The lowest BCUT2D eigenvalue weighted by Crippen LogP contribution is -2.17. The van der Waals surface area contributed by atoms with E-state index in [1.807, 2.05) is 20.8 Å². The third-order valence-corrected chi connectivity index (χ3v) is 1.67. The van der Waals surface area contributed by atoms with Gasteiger partial charge < -0.3 is 10.5 Å². The lowest BCUT2D eigenvalue weighted by atomic mass is 9.96. The van der Waals surface area contributed by atoms with Crippen molar-refractivity contribution in [3.8, 4) is 5.75 Å². The fourth-order valence-electron chi connectivity index (χ4n) is 0.903. The van der Waals surface area contributed by atoms with Crippen molar-refractivity contribution in [1.29, 1.82) is 0 Å². The smallest absolute Gasteiger partial charge is 0.179 e. The Labute approximate surface area is 78.1 Å². The molecule has 0 saturated heterocycles. The van der Waals surface area contributed by atoms with Gasteiger partial charge in [0, 0.05) is 5.41 Å². The van der Waals surface area contributed by atoms with E-state index in [9.17, 15) is 0 Å². The summed E-state index contributed by atoms with van der Waals surface area (Å²) >= 11 is 0. The number of aromatic nitrogens is 2. The largest absolute Gasteiger partial charge is 0.491 e. The molecule has 0 saturated carbocycles. The highest BCUT2D eigenvalue weighted by molar-refractivity contribution is 5.44. The molecule has 0 aromatic carbocycles. The van der Waals surface area contributed by atoms with Gasteiger partial charge in [0.05, 0.1) is 13.3 Å². The van der Waals surface area contributed by atoms with Gasteiger partial charge >= 0.3 is 0 Å². The number of nitrogens with zero attached hydrogens (tertiary/aromatic N) is 2. The topological polar surface area (TPSA) is 61.0 Å². The molecule has 1 rings (SSSR count). The summed E-state index contributed by atoms with van der Waals surface area (Å²) in [5.41, 5.74) is 5.57. The molecule has 0 radical (unpaired) electrons. The van der Waals surface area contributed by atoms with Gasteiger partial charge in [-0.2, -0.15) is 0 Å². The Morgan fingerprint density at radius 3 is 2.38 bits per heavy atom. The molecular weight excluding hydrogens is 166 g/mol. The van der Waals surface area contributed by atoms with Gasteiger partial charge in [0.1, 0.15) is 5.82 Å². The van der Waals surface area contributed by atoms with Crippen LogP contribution in [0.4, 0.5) is 5.82 Å². The van der Waals surface area contributed by atoms with Crippen molar-refractivity contribution in [2.24, 2.45) is 0 Å². The molecule has 4 heteroatoms. The lowest BCUT2D eigenvalue weighted by molar-refractivity contribution is 0.410. The first-order valence-corrected chi connectivity index (χ1v) is 4.12. The van der Waals surface area contributed by atoms with Gasteiger partial charge in [-0.25, -0.2) is 9.97 Å². The fraction of sp³-hybridized carbons (Fsp3) is 0.556. The van der Waals surface area contributed by atoms with Crippen LogP contribution in [0.2, 0.25) is 0 Å². The van der Waals surface area contributed by atoms with Crippen LogP contribution < -0.4 is 10.5 Å². The number of ether oxygens (including phenoxy) is 1. The zero-order valence-electron chi connectivity index (χ0n) is 8.46. The van der Waals surface area contributed by atoms with E-state index in [1.54, 1.807) is 13.3 Å². The van der Waals surface area contributed by atoms with E-state index in [1.165, 1.54) is 0 Å². The molecule has 1 heterocycles. The van der Waals surface area contributed by atoms with Crippen LogP contribution in [0.15, 0.2) is 6.20 Å². The highest BCUT2D eigenvalue weighted by atomic mass is 16.5. The van der Waals surface area contributed by atoms with E-state index < -0.39 is 0 Å². The molecular formula is C9H15N3O. The van der Waals surface area contributed by atoms with Crippen LogP contribution in [0.3, 0.4) is 0 Å². The molecule has 2 N–H and O–H groups in total. The Hall–Kier alpha value is -1.32. The first kappa shape index (κ1) is 9.77. The lowest BCUT2D eigenvalue weighted by Gasteiger charge is -2.16. The minimum atomic E-state index is -0.0829. The minimum Gasteiger partial charge on any atom is -0.491 e. The normalized spacial score (nSPS) is 11.4. The summed E-state index contributed by atoms with van der Waals surface area (Å²) in [6, 6.07) is 0. The summed E-state index contributed by atoms with van der Waals surface area (Å²) in [6.45, 7) is 6.11. The maximum atomic E-state index is 5.65. The van der Waals surface area contributed by atoms with Crippen LogP contribution in [-0.4, -0.2) is 17.1 Å². The van der Waals surface area contributed by atoms with E-state index in [0.29, 0.717) is 11.6 Å². The zero-order chi connectivity index (χ0) is 10.1. The second kappa shape index (κ2) is 3.20. The summed E-state index contributed by atoms with van der Waals surface area (Å²) in [4.78, 5) is 8.32. The molecule has 0 amide bonds. The van der Waals surface area contributed by atoms with E-state index in [0.717, 1.165) is 5.82 Å². The molecule has 4 nitrogen and oxygen atoms in total. The molecule has 0 bridgehead atoms. The van der Waals surface area contributed by atoms with Crippen LogP contribution >= 0.6 is 0 Å². The third-order valence-electron chi connectivity index (χ3n) is 1.67. The Balaban J connectivity index is 3.10. The van der Waals surface area contributed by atoms with Gasteiger partial charge in [0.2, 0.25) is 0 Å². The van der Waals surface area contributed by atoms with E-state index in [4.69, 9.17) is 10.5 Å². The van der Waals surface area contributed by atoms with Crippen molar-refractivity contribution in [2.75, 3.05) is 12.8 Å². The first-order chi connectivity index (χ1) is 5.95. The van der Waals surface area contributed by atoms with Gasteiger partial charge in [-0.15, -0.1) is 0 Å². The SMILES string of the molecule is COc1cnc(C(C)(C)C)nc1N. The molecule has 0 unspecified atom stereocenters. The van der Waals surface area contributed by atoms with Gasteiger partial charge in [-0.05, 0) is 0 Å². The molecule has 13 heavy (non-hydrogen) atoms. The van der Waals surface area contributed by atoms with Crippen LogP contribution in [0.25, 0.3) is 0 Å². The summed E-state index contributed by atoms with van der Waals surface area (Å²) in [6.07, 6.45) is 1.60. The van der Waals surface area contributed by atoms with E-state index >= 15 is 0 Å². The van der Waals surface area contributed by atoms with Crippen LogP contribution in [0.5, 0.6) is 5.75 Å². The van der Waals surface area contributed by atoms with Crippen molar-refractivity contribution in [3.63, 3.8) is 0 Å². The summed E-state index contributed by atoms with van der Waals surface area (Å²) in [7, 11) is 1.55. The summed E-state index contributed by atoms with van der Waals surface area (Å²) in [5.74, 6) is 1.64. The molecule has 0 atom stereocenters. The highest BCUT2D eigenvalue weighted by Crippen LogP contribution is 2.23.